The van der Waals surface area contributed by atoms with Gasteiger partial charge in [0.1, 0.15) is 23.7 Å². The third-order valence-electron chi connectivity index (χ3n) is 2.31. The molecule has 0 radical (unpaired) electrons. The third kappa shape index (κ3) is 2.53. The van der Waals surface area contributed by atoms with Crippen molar-refractivity contribution in [2.45, 2.75) is 6.54 Å². The Balaban J connectivity index is 2.09. The van der Waals surface area contributed by atoms with Crippen molar-refractivity contribution in [3.63, 3.8) is 0 Å². The monoisotopic (exact) mass is 255 g/mol. The van der Waals surface area contributed by atoms with Gasteiger partial charge in [-0.05, 0) is 6.07 Å². The zero-order valence-corrected chi connectivity index (χ0v) is 9.04. The molecule has 0 fully saturated rings. The average Bonchev–Trinajstić information content (AvgIpc) is 2.80. The summed E-state index contributed by atoms with van der Waals surface area (Å²) in [6.45, 7) is -0.373. The van der Waals surface area contributed by atoms with Crippen molar-refractivity contribution in [2.24, 2.45) is 0 Å². The summed E-state index contributed by atoms with van der Waals surface area (Å²) in [7, 11) is 0. The molecular formula is C12H8F3NO2. The summed E-state index contributed by atoms with van der Waals surface area (Å²) in [6.07, 6.45) is 2.50. The zero-order chi connectivity index (χ0) is 13.1. The molecule has 94 valence electrons. The van der Waals surface area contributed by atoms with Crippen molar-refractivity contribution in [1.82, 2.24) is 5.32 Å². The Morgan fingerprint density at radius 2 is 1.89 bits per heavy atom. The predicted molar refractivity (Wildman–Crippen MR) is 56.2 cm³/mol. The first-order valence-corrected chi connectivity index (χ1v) is 5.01. The van der Waals surface area contributed by atoms with Crippen molar-refractivity contribution in [1.29, 1.82) is 0 Å². The molecule has 6 heteroatoms. The molecule has 0 spiro atoms. The topological polar surface area (TPSA) is 42.2 Å². The molecule has 3 nitrogen and oxygen atoms in total. The summed E-state index contributed by atoms with van der Waals surface area (Å²) in [4.78, 5) is 11.5. The predicted octanol–water partition coefficient (Wildman–Crippen LogP) is 2.63. The van der Waals surface area contributed by atoms with Crippen molar-refractivity contribution in [3.8, 4) is 0 Å². The lowest BCUT2D eigenvalue weighted by molar-refractivity contribution is 0.0949. The van der Waals surface area contributed by atoms with Crippen molar-refractivity contribution < 1.29 is 22.4 Å². The number of nitrogens with one attached hydrogen (secondary N) is 1. The molecule has 0 atom stereocenters. The molecule has 1 aromatic carbocycles. The first kappa shape index (κ1) is 12.2. The fourth-order valence-electron chi connectivity index (χ4n) is 1.41. The summed E-state index contributed by atoms with van der Waals surface area (Å²) in [5, 5.41) is 2.30. The summed E-state index contributed by atoms with van der Waals surface area (Å²) in [6, 6.07) is 2.53. The van der Waals surface area contributed by atoms with Gasteiger partial charge < -0.3 is 9.73 Å². The van der Waals surface area contributed by atoms with Gasteiger partial charge in [0.15, 0.2) is 0 Å². The van der Waals surface area contributed by atoms with E-state index in [0.717, 1.165) is 0 Å². The second kappa shape index (κ2) is 4.95. The van der Waals surface area contributed by atoms with Gasteiger partial charge >= 0.3 is 0 Å². The summed E-state index contributed by atoms with van der Waals surface area (Å²) in [5.74, 6) is -3.62. The highest BCUT2D eigenvalue weighted by molar-refractivity contribution is 5.93. The van der Waals surface area contributed by atoms with Gasteiger partial charge in [-0.25, -0.2) is 13.2 Å². The van der Waals surface area contributed by atoms with E-state index in [0.29, 0.717) is 12.1 Å². The Labute approximate surface area is 100 Å². The molecule has 0 aliphatic carbocycles. The normalized spacial score (nSPS) is 10.4. The van der Waals surface area contributed by atoms with Crippen LogP contribution in [0.5, 0.6) is 0 Å². The molecule has 2 aromatic rings. The second-order valence-electron chi connectivity index (χ2n) is 3.54. The Hall–Kier alpha value is -2.24. The fourth-order valence-corrected chi connectivity index (χ4v) is 1.41. The number of rotatable bonds is 3. The molecule has 0 saturated heterocycles. The van der Waals surface area contributed by atoms with Crippen LogP contribution in [0.1, 0.15) is 15.9 Å². The van der Waals surface area contributed by atoms with Gasteiger partial charge in [0.2, 0.25) is 0 Å². The lowest BCUT2D eigenvalue weighted by Crippen LogP contribution is -2.23. The highest BCUT2D eigenvalue weighted by Crippen LogP contribution is 2.14. The number of benzene rings is 1. The molecule has 2 rings (SSSR count). The van der Waals surface area contributed by atoms with Gasteiger partial charge in [0, 0.05) is 24.2 Å². The summed E-state index contributed by atoms with van der Waals surface area (Å²) < 4.78 is 43.9. The fraction of sp³-hybridized carbons (Fsp3) is 0.0833. The quantitative estimate of drug-likeness (QED) is 0.916. The van der Waals surface area contributed by atoms with Gasteiger partial charge in [0.05, 0.1) is 11.8 Å². The van der Waals surface area contributed by atoms with Crippen LogP contribution in [0.25, 0.3) is 0 Å². The minimum absolute atomic E-state index is 0.234. The number of furan rings is 1. The van der Waals surface area contributed by atoms with Gasteiger partial charge in [-0.1, -0.05) is 0 Å². The molecule has 0 bridgehead atoms. The smallest absolute Gasteiger partial charge is 0.254 e. The van der Waals surface area contributed by atoms with Crippen LogP contribution in [0, 0.1) is 17.5 Å². The molecule has 0 aliphatic rings. The maximum absolute atomic E-state index is 13.3. The Kier molecular flexibility index (Phi) is 3.36. The van der Waals surface area contributed by atoms with E-state index in [9.17, 15) is 18.0 Å². The lowest BCUT2D eigenvalue weighted by atomic mass is 10.2. The number of halogens is 3. The number of carbonyl (C=O) groups excluding carboxylic acids is 1. The van der Waals surface area contributed by atoms with E-state index >= 15 is 0 Å². The van der Waals surface area contributed by atoms with Gasteiger partial charge in [-0.2, -0.15) is 0 Å². The summed E-state index contributed by atoms with van der Waals surface area (Å²) >= 11 is 0. The second-order valence-corrected chi connectivity index (χ2v) is 3.54. The first-order chi connectivity index (χ1) is 8.58. The maximum Gasteiger partial charge on any atom is 0.254 e. The Morgan fingerprint density at radius 3 is 2.44 bits per heavy atom. The molecule has 0 saturated carbocycles. The molecule has 1 heterocycles. The van der Waals surface area contributed by atoms with Crippen molar-refractivity contribution in [2.75, 3.05) is 0 Å². The third-order valence-corrected chi connectivity index (χ3v) is 2.31. The van der Waals surface area contributed by atoms with Crippen molar-refractivity contribution in [3.05, 3.63) is 59.3 Å². The number of hydrogen-bond donors (Lipinski definition) is 1. The van der Waals surface area contributed by atoms with Gasteiger partial charge in [-0.15, -0.1) is 0 Å². The van der Waals surface area contributed by atoms with E-state index in [1.54, 1.807) is 0 Å². The Morgan fingerprint density at radius 1 is 1.22 bits per heavy atom. The van der Waals surface area contributed by atoms with Crippen LogP contribution in [-0.2, 0) is 6.54 Å². The largest absolute Gasteiger partial charge is 0.472 e. The van der Waals surface area contributed by atoms with Gasteiger partial charge in [0.25, 0.3) is 5.91 Å². The molecule has 0 aliphatic heterocycles. The maximum atomic E-state index is 13.3. The van der Waals surface area contributed by atoms with Crippen LogP contribution in [-0.4, -0.2) is 5.91 Å². The van der Waals surface area contributed by atoms with Crippen molar-refractivity contribution >= 4 is 5.91 Å². The van der Waals surface area contributed by atoms with Crippen LogP contribution in [0.4, 0.5) is 13.2 Å². The minimum Gasteiger partial charge on any atom is -0.472 e. The van der Waals surface area contributed by atoms with Crippen LogP contribution in [0.3, 0.4) is 0 Å². The van der Waals surface area contributed by atoms with Crippen LogP contribution >= 0.6 is 0 Å². The number of carbonyl (C=O) groups is 1. The molecular weight excluding hydrogens is 247 g/mol. The van der Waals surface area contributed by atoms with E-state index in [1.165, 1.54) is 18.6 Å². The highest BCUT2D eigenvalue weighted by atomic mass is 19.1. The minimum atomic E-state index is -1.04. The lowest BCUT2D eigenvalue weighted by Gasteiger charge is -2.06. The number of hydrogen-bond acceptors (Lipinski definition) is 2. The molecule has 1 aromatic heterocycles. The molecule has 1 amide bonds. The van der Waals surface area contributed by atoms with E-state index in [2.05, 4.69) is 5.32 Å². The average molecular weight is 255 g/mol. The SMILES string of the molecule is O=C(NCc1c(F)cc(F)cc1F)c1ccoc1. The first-order valence-electron chi connectivity index (χ1n) is 5.01. The Bertz CT molecular complexity index is 544. The van der Waals surface area contributed by atoms with E-state index < -0.39 is 28.9 Å². The van der Waals surface area contributed by atoms with Crippen LogP contribution in [0.15, 0.2) is 35.1 Å². The van der Waals surface area contributed by atoms with E-state index in [1.807, 2.05) is 0 Å². The zero-order valence-electron chi connectivity index (χ0n) is 9.04. The van der Waals surface area contributed by atoms with Gasteiger partial charge in [-0.3, -0.25) is 4.79 Å². The molecule has 1 N–H and O–H groups in total. The number of amides is 1. The molecule has 0 unspecified atom stereocenters. The highest BCUT2D eigenvalue weighted by Gasteiger charge is 2.13. The van der Waals surface area contributed by atoms with Crippen LogP contribution < -0.4 is 5.32 Å². The summed E-state index contributed by atoms with van der Waals surface area (Å²) in [5.41, 5.74) is -0.161. The van der Waals surface area contributed by atoms with Crippen LogP contribution in [0.2, 0.25) is 0 Å². The van der Waals surface area contributed by atoms with E-state index in [-0.39, 0.29) is 12.1 Å². The standard InChI is InChI=1S/C12H8F3NO2/c13-8-3-10(14)9(11(15)4-8)5-16-12(17)7-1-2-18-6-7/h1-4,6H,5H2,(H,16,17). The molecule has 18 heavy (non-hydrogen) atoms. The van der Waals surface area contributed by atoms with E-state index in [4.69, 9.17) is 4.42 Å².